The number of pyridine rings is 1. The van der Waals surface area contributed by atoms with Crippen molar-refractivity contribution in [3.63, 3.8) is 0 Å². The predicted molar refractivity (Wildman–Crippen MR) is 105 cm³/mol. The Labute approximate surface area is 152 Å². The molecule has 1 aromatic carbocycles. The molecule has 0 amide bonds. The molecular formula is C17H20IN5. The van der Waals surface area contributed by atoms with E-state index in [0.717, 1.165) is 17.0 Å². The second kappa shape index (κ2) is 7.45. The van der Waals surface area contributed by atoms with Crippen LogP contribution in [0.25, 0.3) is 5.65 Å². The standard InChI is InChI=1S/C17H19N5.HI/c1-12-6-7-14(9-13(12)2)21-17(18)19-10-15-11-22-8-4-3-5-16(22)20-15;/h3-9,11H,10H2,1-2H3,(H3,18,19,21);1H. The summed E-state index contributed by atoms with van der Waals surface area (Å²) < 4.78 is 1.97. The van der Waals surface area contributed by atoms with Gasteiger partial charge in [0.25, 0.3) is 0 Å². The van der Waals surface area contributed by atoms with Gasteiger partial charge in [-0.1, -0.05) is 12.1 Å². The second-order valence-electron chi connectivity index (χ2n) is 5.32. The summed E-state index contributed by atoms with van der Waals surface area (Å²) in [6.45, 7) is 4.61. The summed E-state index contributed by atoms with van der Waals surface area (Å²) in [4.78, 5) is 8.83. The maximum atomic E-state index is 5.94. The van der Waals surface area contributed by atoms with E-state index in [1.165, 1.54) is 11.1 Å². The fourth-order valence-electron chi connectivity index (χ4n) is 2.24. The molecule has 3 N–H and O–H groups in total. The average Bonchev–Trinajstić information content (AvgIpc) is 2.92. The number of benzene rings is 1. The van der Waals surface area contributed by atoms with E-state index in [4.69, 9.17) is 5.73 Å². The summed E-state index contributed by atoms with van der Waals surface area (Å²) in [6, 6.07) is 12.0. The van der Waals surface area contributed by atoms with Crippen LogP contribution in [-0.2, 0) is 6.54 Å². The maximum absolute atomic E-state index is 5.94. The van der Waals surface area contributed by atoms with Crippen molar-refractivity contribution in [3.8, 4) is 0 Å². The zero-order valence-electron chi connectivity index (χ0n) is 13.2. The lowest BCUT2D eigenvalue weighted by Crippen LogP contribution is -2.22. The highest BCUT2D eigenvalue weighted by Crippen LogP contribution is 2.14. The van der Waals surface area contributed by atoms with Crippen LogP contribution in [0, 0.1) is 13.8 Å². The lowest BCUT2D eigenvalue weighted by Gasteiger charge is -2.07. The van der Waals surface area contributed by atoms with Crippen molar-refractivity contribution in [2.75, 3.05) is 5.32 Å². The number of aromatic nitrogens is 2. The van der Waals surface area contributed by atoms with Gasteiger partial charge in [0.2, 0.25) is 0 Å². The number of imidazole rings is 1. The summed E-state index contributed by atoms with van der Waals surface area (Å²) in [5.41, 5.74) is 11.2. The SMILES string of the molecule is Cc1ccc(NC(N)=NCc2cn3ccccc3n2)cc1C.I. The summed E-state index contributed by atoms with van der Waals surface area (Å²) in [7, 11) is 0. The number of nitrogens with two attached hydrogens (primary N) is 1. The van der Waals surface area contributed by atoms with Crippen molar-refractivity contribution in [2.45, 2.75) is 20.4 Å². The van der Waals surface area contributed by atoms with E-state index in [1.54, 1.807) is 0 Å². The Morgan fingerprint density at radius 1 is 1.22 bits per heavy atom. The van der Waals surface area contributed by atoms with Gasteiger partial charge in [-0.05, 0) is 49.2 Å². The number of hydrogen-bond donors (Lipinski definition) is 2. The molecule has 6 heteroatoms. The van der Waals surface area contributed by atoms with Gasteiger partial charge in [-0.25, -0.2) is 9.98 Å². The monoisotopic (exact) mass is 421 g/mol. The van der Waals surface area contributed by atoms with Crippen molar-refractivity contribution in [2.24, 2.45) is 10.7 Å². The first-order valence-corrected chi connectivity index (χ1v) is 7.18. The number of nitrogens with one attached hydrogen (secondary N) is 1. The van der Waals surface area contributed by atoms with Gasteiger partial charge in [0.15, 0.2) is 5.96 Å². The van der Waals surface area contributed by atoms with Crippen LogP contribution in [0.15, 0.2) is 53.8 Å². The number of aryl methyl sites for hydroxylation is 2. The number of halogens is 1. The van der Waals surface area contributed by atoms with Gasteiger partial charge in [0.05, 0.1) is 12.2 Å². The molecule has 3 rings (SSSR count). The molecule has 0 aliphatic rings. The van der Waals surface area contributed by atoms with Crippen LogP contribution in [0.1, 0.15) is 16.8 Å². The van der Waals surface area contributed by atoms with Gasteiger partial charge < -0.3 is 15.5 Å². The number of anilines is 1. The van der Waals surface area contributed by atoms with Gasteiger partial charge in [-0.15, -0.1) is 24.0 Å². The van der Waals surface area contributed by atoms with Crippen LogP contribution in [0.2, 0.25) is 0 Å². The van der Waals surface area contributed by atoms with E-state index in [0.29, 0.717) is 12.5 Å². The number of aliphatic imine (C=N–C) groups is 1. The molecule has 0 spiro atoms. The third-order valence-corrected chi connectivity index (χ3v) is 3.60. The first-order valence-electron chi connectivity index (χ1n) is 7.18. The van der Waals surface area contributed by atoms with Crippen LogP contribution in [0.5, 0.6) is 0 Å². The Kier molecular flexibility index (Phi) is 5.59. The van der Waals surface area contributed by atoms with Gasteiger partial charge in [0.1, 0.15) is 5.65 Å². The molecule has 0 saturated carbocycles. The molecular weight excluding hydrogens is 401 g/mol. The maximum Gasteiger partial charge on any atom is 0.193 e. The number of guanidine groups is 1. The zero-order chi connectivity index (χ0) is 15.5. The molecule has 2 aromatic heterocycles. The highest BCUT2D eigenvalue weighted by molar-refractivity contribution is 14.0. The summed E-state index contributed by atoms with van der Waals surface area (Å²) >= 11 is 0. The van der Waals surface area contributed by atoms with Crippen LogP contribution in [0.3, 0.4) is 0 Å². The smallest absolute Gasteiger partial charge is 0.193 e. The lowest BCUT2D eigenvalue weighted by atomic mass is 10.1. The molecule has 0 radical (unpaired) electrons. The number of rotatable bonds is 3. The van der Waals surface area contributed by atoms with Crippen molar-refractivity contribution >= 4 is 41.3 Å². The highest BCUT2D eigenvalue weighted by Gasteiger charge is 2.01. The molecule has 0 bridgehead atoms. The van der Waals surface area contributed by atoms with Crippen LogP contribution in [-0.4, -0.2) is 15.3 Å². The van der Waals surface area contributed by atoms with Gasteiger partial charge in [0, 0.05) is 18.1 Å². The number of nitrogens with zero attached hydrogens (tertiary/aromatic N) is 3. The first kappa shape index (κ1) is 17.3. The molecule has 0 unspecified atom stereocenters. The molecule has 0 fully saturated rings. The number of fused-ring (bicyclic) bond motifs is 1. The lowest BCUT2D eigenvalue weighted by molar-refractivity contribution is 1.01. The highest BCUT2D eigenvalue weighted by atomic mass is 127. The van der Waals surface area contributed by atoms with Gasteiger partial charge in [-0.3, -0.25) is 0 Å². The molecule has 2 heterocycles. The van der Waals surface area contributed by atoms with Crippen LogP contribution >= 0.6 is 24.0 Å². The average molecular weight is 421 g/mol. The first-order chi connectivity index (χ1) is 10.6. The van der Waals surface area contributed by atoms with Crippen molar-refractivity contribution < 1.29 is 0 Å². The third-order valence-electron chi connectivity index (χ3n) is 3.60. The molecule has 23 heavy (non-hydrogen) atoms. The zero-order valence-corrected chi connectivity index (χ0v) is 15.5. The van der Waals surface area contributed by atoms with Crippen LogP contribution in [0.4, 0.5) is 5.69 Å². The van der Waals surface area contributed by atoms with E-state index in [-0.39, 0.29) is 24.0 Å². The largest absolute Gasteiger partial charge is 0.370 e. The quantitative estimate of drug-likeness (QED) is 0.387. The van der Waals surface area contributed by atoms with Gasteiger partial charge in [-0.2, -0.15) is 0 Å². The fraction of sp³-hybridized carbons (Fsp3) is 0.176. The Bertz CT molecular complexity index is 805. The van der Waals surface area contributed by atoms with Crippen molar-refractivity contribution in [1.29, 1.82) is 0 Å². The van der Waals surface area contributed by atoms with E-state index in [9.17, 15) is 0 Å². The predicted octanol–water partition coefficient (Wildman–Crippen LogP) is 3.50. The van der Waals surface area contributed by atoms with Gasteiger partial charge >= 0.3 is 0 Å². The summed E-state index contributed by atoms with van der Waals surface area (Å²) in [5, 5.41) is 3.11. The molecule has 3 aromatic rings. The molecule has 0 aliphatic heterocycles. The van der Waals surface area contributed by atoms with Crippen molar-refractivity contribution in [1.82, 2.24) is 9.38 Å². The van der Waals surface area contributed by atoms with E-state index in [1.807, 2.05) is 41.1 Å². The van der Waals surface area contributed by atoms with E-state index >= 15 is 0 Å². The molecule has 120 valence electrons. The Morgan fingerprint density at radius 2 is 2.04 bits per heavy atom. The number of hydrogen-bond acceptors (Lipinski definition) is 2. The minimum atomic E-state index is 0. The topological polar surface area (TPSA) is 67.7 Å². The van der Waals surface area contributed by atoms with E-state index in [2.05, 4.69) is 41.3 Å². The molecule has 0 atom stereocenters. The minimum absolute atomic E-state index is 0. The Balaban J connectivity index is 0.00000192. The minimum Gasteiger partial charge on any atom is -0.370 e. The normalized spacial score (nSPS) is 11.3. The van der Waals surface area contributed by atoms with E-state index < -0.39 is 0 Å². The fourth-order valence-corrected chi connectivity index (χ4v) is 2.24. The molecule has 5 nitrogen and oxygen atoms in total. The van der Waals surface area contributed by atoms with Crippen molar-refractivity contribution in [3.05, 3.63) is 65.6 Å². The summed E-state index contributed by atoms with van der Waals surface area (Å²) in [6.07, 6.45) is 3.92. The third kappa shape index (κ3) is 4.22. The Morgan fingerprint density at radius 3 is 2.78 bits per heavy atom. The second-order valence-corrected chi connectivity index (χ2v) is 5.32. The summed E-state index contributed by atoms with van der Waals surface area (Å²) in [5.74, 6) is 0.389. The molecule has 0 aliphatic carbocycles. The molecule has 0 saturated heterocycles. The van der Waals surface area contributed by atoms with Crippen LogP contribution < -0.4 is 11.1 Å². The Hall–Kier alpha value is -2.09.